The van der Waals surface area contributed by atoms with Gasteiger partial charge in [-0.05, 0) is 38.5 Å². The van der Waals surface area contributed by atoms with Crippen molar-refractivity contribution in [1.29, 1.82) is 0 Å². The minimum absolute atomic E-state index is 0.173. The van der Waals surface area contributed by atoms with Crippen molar-refractivity contribution in [3.05, 3.63) is 0 Å². The number of carboxylic acids is 1. The Kier molecular flexibility index (Phi) is 4.52. The van der Waals surface area contributed by atoms with Gasteiger partial charge < -0.3 is 20.1 Å². The van der Waals surface area contributed by atoms with Crippen LogP contribution in [0.3, 0.4) is 0 Å². The summed E-state index contributed by atoms with van der Waals surface area (Å²) in [5.74, 6) is -0.249. The first kappa shape index (κ1) is 15.1. The number of nitrogens with one attached hydrogen (secondary N) is 1. The van der Waals surface area contributed by atoms with Crippen molar-refractivity contribution in [3.63, 3.8) is 0 Å². The zero-order chi connectivity index (χ0) is 14.8. The molecule has 20 heavy (non-hydrogen) atoms. The summed E-state index contributed by atoms with van der Waals surface area (Å²) in [6.07, 6.45) is 3.25. The van der Waals surface area contributed by atoms with Crippen LogP contribution in [-0.4, -0.2) is 54.9 Å². The Hall–Kier alpha value is -1.30. The predicted molar refractivity (Wildman–Crippen MR) is 73.5 cm³/mol. The molecule has 2 rings (SSSR count). The lowest BCUT2D eigenvalue weighted by molar-refractivity contribution is -0.154. The van der Waals surface area contributed by atoms with E-state index in [0.717, 1.165) is 0 Å². The molecule has 1 aliphatic heterocycles. The van der Waals surface area contributed by atoms with Gasteiger partial charge in [-0.2, -0.15) is 0 Å². The van der Waals surface area contributed by atoms with E-state index in [1.54, 1.807) is 11.9 Å². The van der Waals surface area contributed by atoms with Crippen LogP contribution in [0.2, 0.25) is 0 Å². The predicted octanol–water partition coefficient (Wildman–Crippen LogP) is 1.31. The maximum atomic E-state index is 12.1. The van der Waals surface area contributed by atoms with Crippen molar-refractivity contribution in [2.75, 3.05) is 26.8 Å². The van der Waals surface area contributed by atoms with Gasteiger partial charge in [0.25, 0.3) is 0 Å². The van der Waals surface area contributed by atoms with E-state index in [1.807, 2.05) is 6.92 Å². The Morgan fingerprint density at radius 1 is 1.40 bits per heavy atom. The molecular formula is C14H24N2O4. The third-order valence-electron chi connectivity index (χ3n) is 4.72. The second kappa shape index (κ2) is 5.99. The number of aliphatic carboxylic acids is 1. The summed E-state index contributed by atoms with van der Waals surface area (Å²) >= 11 is 0. The number of carboxylic acid groups (broad SMARTS) is 1. The average Bonchev–Trinajstić information content (AvgIpc) is 3.28. The van der Waals surface area contributed by atoms with Crippen LogP contribution < -0.4 is 5.32 Å². The highest BCUT2D eigenvalue weighted by molar-refractivity contribution is 5.78. The first-order valence-electron chi connectivity index (χ1n) is 7.28. The highest BCUT2D eigenvalue weighted by atomic mass is 16.5. The zero-order valence-corrected chi connectivity index (χ0v) is 12.2. The number of rotatable bonds is 5. The van der Waals surface area contributed by atoms with Crippen LogP contribution in [0.25, 0.3) is 0 Å². The topological polar surface area (TPSA) is 78.9 Å². The quantitative estimate of drug-likeness (QED) is 0.798. The van der Waals surface area contributed by atoms with E-state index < -0.39 is 11.4 Å². The van der Waals surface area contributed by atoms with E-state index in [9.17, 15) is 14.7 Å². The molecule has 0 aromatic heterocycles. The lowest BCUT2D eigenvalue weighted by Gasteiger charge is -2.34. The second-order valence-corrected chi connectivity index (χ2v) is 6.05. The third-order valence-corrected chi connectivity index (χ3v) is 4.72. The molecule has 6 nitrogen and oxygen atoms in total. The van der Waals surface area contributed by atoms with Gasteiger partial charge in [0, 0.05) is 32.8 Å². The van der Waals surface area contributed by atoms with Crippen LogP contribution in [0.15, 0.2) is 0 Å². The molecule has 1 saturated carbocycles. The molecule has 1 saturated heterocycles. The van der Waals surface area contributed by atoms with Crippen LogP contribution in [-0.2, 0) is 9.53 Å². The van der Waals surface area contributed by atoms with Gasteiger partial charge in [0.1, 0.15) is 0 Å². The highest BCUT2D eigenvalue weighted by Gasteiger charge is 2.41. The van der Waals surface area contributed by atoms with E-state index in [0.29, 0.717) is 32.0 Å². The van der Waals surface area contributed by atoms with Gasteiger partial charge in [-0.25, -0.2) is 4.79 Å². The van der Waals surface area contributed by atoms with Crippen LogP contribution in [0.1, 0.15) is 32.6 Å². The first-order valence-corrected chi connectivity index (χ1v) is 7.28. The number of ether oxygens (including phenoxy) is 1. The molecule has 6 heteroatoms. The Morgan fingerprint density at radius 2 is 2.00 bits per heavy atom. The molecule has 0 aromatic rings. The molecule has 2 aliphatic rings. The number of carbonyl (C=O) groups excluding carboxylic acids is 1. The van der Waals surface area contributed by atoms with Gasteiger partial charge in [0.2, 0.25) is 0 Å². The molecule has 1 heterocycles. The van der Waals surface area contributed by atoms with Crippen molar-refractivity contribution in [2.24, 2.45) is 11.3 Å². The van der Waals surface area contributed by atoms with E-state index in [4.69, 9.17) is 4.74 Å². The fourth-order valence-corrected chi connectivity index (χ4v) is 2.68. The highest BCUT2D eigenvalue weighted by Crippen LogP contribution is 2.35. The summed E-state index contributed by atoms with van der Waals surface area (Å²) in [6, 6.07) is 0.0296. The zero-order valence-electron chi connectivity index (χ0n) is 12.2. The molecular weight excluding hydrogens is 260 g/mol. The molecule has 0 aromatic carbocycles. The van der Waals surface area contributed by atoms with E-state index >= 15 is 0 Å². The van der Waals surface area contributed by atoms with Crippen molar-refractivity contribution in [1.82, 2.24) is 10.2 Å². The summed E-state index contributed by atoms with van der Waals surface area (Å²) in [5, 5.41) is 12.2. The summed E-state index contributed by atoms with van der Waals surface area (Å²) in [5.41, 5.74) is -0.877. The fourth-order valence-electron chi connectivity index (χ4n) is 2.68. The normalized spacial score (nSPS) is 22.9. The number of nitrogens with zero attached hydrogens (tertiary/aromatic N) is 1. The van der Waals surface area contributed by atoms with Crippen LogP contribution in [0, 0.1) is 11.3 Å². The van der Waals surface area contributed by atoms with Gasteiger partial charge in [-0.1, -0.05) is 0 Å². The van der Waals surface area contributed by atoms with Gasteiger partial charge in [0.05, 0.1) is 5.41 Å². The number of hydrogen-bond acceptors (Lipinski definition) is 3. The number of urea groups is 1. The number of amides is 2. The molecule has 2 N–H and O–H groups in total. The van der Waals surface area contributed by atoms with Crippen molar-refractivity contribution < 1.29 is 19.4 Å². The van der Waals surface area contributed by atoms with Gasteiger partial charge >= 0.3 is 12.0 Å². The van der Waals surface area contributed by atoms with E-state index in [-0.39, 0.29) is 18.6 Å². The van der Waals surface area contributed by atoms with Gasteiger partial charge in [0.15, 0.2) is 0 Å². The summed E-state index contributed by atoms with van der Waals surface area (Å²) < 4.78 is 5.22. The molecule has 1 atom stereocenters. The number of carbonyl (C=O) groups is 2. The summed E-state index contributed by atoms with van der Waals surface area (Å²) in [7, 11) is 1.77. The summed E-state index contributed by atoms with van der Waals surface area (Å²) in [4.78, 5) is 25.3. The van der Waals surface area contributed by atoms with E-state index in [1.165, 1.54) is 12.8 Å². The van der Waals surface area contributed by atoms with Crippen molar-refractivity contribution >= 4 is 12.0 Å². The van der Waals surface area contributed by atoms with Crippen LogP contribution in [0.5, 0.6) is 0 Å². The average molecular weight is 284 g/mol. The second-order valence-electron chi connectivity index (χ2n) is 6.05. The van der Waals surface area contributed by atoms with Gasteiger partial charge in [-0.3, -0.25) is 4.79 Å². The lowest BCUT2D eigenvalue weighted by Crippen LogP contribution is -2.50. The number of hydrogen-bond donors (Lipinski definition) is 2. The third kappa shape index (κ3) is 3.23. The first-order chi connectivity index (χ1) is 9.46. The minimum atomic E-state index is -0.877. The standard InChI is InChI=1S/C14H24N2O4/c1-10(11-3-4-11)16(2)13(19)15-9-14(12(17)18)5-7-20-8-6-14/h10-11H,3-9H2,1-2H3,(H,15,19)(H,17,18). The SMILES string of the molecule is CC(C1CC1)N(C)C(=O)NCC1(C(=O)O)CCOCC1. The Morgan fingerprint density at radius 3 is 2.50 bits per heavy atom. The van der Waals surface area contributed by atoms with Crippen LogP contribution >= 0.6 is 0 Å². The molecule has 114 valence electrons. The Labute approximate surface area is 119 Å². The van der Waals surface area contributed by atoms with Gasteiger partial charge in [-0.15, -0.1) is 0 Å². The van der Waals surface area contributed by atoms with Crippen molar-refractivity contribution in [2.45, 2.75) is 38.6 Å². The lowest BCUT2D eigenvalue weighted by atomic mass is 9.80. The molecule has 1 aliphatic carbocycles. The smallest absolute Gasteiger partial charge is 0.317 e. The Bertz CT molecular complexity index is 375. The summed E-state index contributed by atoms with van der Waals surface area (Å²) in [6.45, 7) is 3.10. The van der Waals surface area contributed by atoms with Crippen LogP contribution in [0.4, 0.5) is 4.79 Å². The molecule has 1 unspecified atom stereocenters. The fraction of sp³-hybridized carbons (Fsp3) is 0.857. The maximum Gasteiger partial charge on any atom is 0.317 e. The molecule has 0 spiro atoms. The monoisotopic (exact) mass is 284 g/mol. The Balaban J connectivity index is 1.88. The molecule has 2 fully saturated rings. The molecule has 0 radical (unpaired) electrons. The molecule has 0 bridgehead atoms. The minimum Gasteiger partial charge on any atom is -0.481 e. The van der Waals surface area contributed by atoms with E-state index in [2.05, 4.69) is 5.32 Å². The largest absolute Gasteiger partial charge is 0.481 e. The molecule has 2 amide bonds. The maximum absolute atomic E-state index is 12.1. The van der Waals surface area contributed by atoms with Crippen molar-refractivity contribution in [3.8, 4) is 0 Å².